The Kier molecular flexibility index (Phi) is 3.13. The summed E-state index contributed by atoms with van der Waals surface area (Å²) in [7, 11) is 0. The molecule has 1 N–H and O–H groups in total. The normalized spacial score (nSPS) is 32.1. The van der Waals surface area contributed by atoms with Crippen molar-refractivity contribution in [3.63, 3.8) is 0 Å². The summed E-state index contributed by atoms with van der Waals surface area (Å²) in [5.74, 6) is 3.32. The van der Waals surface area contributed by atoms with Gasteiger partial charge in [0.1, 0.15) is 0 Å². The van der Waals surface area contributed by atoms with Gasteiger partial charge in [-0.15, -0.1) is 0 Å². The largest absolute Gasteiger partial charge is 0.285 e. The van der Waals surface area contributed by atoms with Crippen molar-refractivity contribution in [1.82, 2.24) is 10.2 Å². The average molecular weight is 206 g/mol. The smallest absolute Gasteiger partial charge is 0.0522 e. The van der Waals surface area contributed by atoms with Crippen LogP contribution in [0.3, 0.4) is 0 Å². The van der Waals surface area contributed by atoms with Gasteiger partial charge in [-0.2, -0.15) is 5.10 Å². The molecule has 0 aromatic carbocycles. The molecule has 0 radical (unpaired) electrons. The average Bonchev–Trinajstić information content (AvgIpc) is 2.69. The van der Waals surface area contributed by atoms with Crippen LogP contribution in [0.1, 0.15) is 51.5 Å². The molecule has 1 aliphatic carbocycles. The maximum absolute atomic E-state index is 4.07. The van der Waals surface area contributed by atoms with E-state index in [2.05, 4.69) is 37.2 Å². The molecule has 1 aromatic heterocycles. The van der Waals surface area contributed by atoms with Crippen molar-refractivity contribution in [1.29, 1.82) is 0 Å². The molecule has 0 spiro atoms. The number of nitrogens with zero attached hydrogens (tertiary/aromatic N) is 1. The van der Waals surface area contributed by atoms with Crippen LogP contribution in [0.25, 0.3) is 0 Å². The van der Waals surface area contributed by atoms with E-state index < -0.39 is 0 Å². The lowest BCUT2D eigenvalue weighted by molar-refractivity contribution is 0.203. The fourth-order valence-electron chi connectivity index (χ4n) is 2.96. The number of hydrogen-bond acceptors (Lipinski definition) is 1. The van der Waals surface area contributed by atoms with Crippen molar-refractivity contribution >= 4 is 0 Å². The summed E-state index contributed by atoms with van der Waals surface area (Å²) in [5.41, 5.74) is 1.41. The van der Waals surface area contributed by atoms with Gasteiger partial charge in [-0.1, -0.05) is 20.8 Å². The second-order valence-electron chi connectivity index (χ2n) is 5.54. The third-order valence-electron chi connectivity index (χ3n) is 3.91. The molecule has 0 bridgehead atoms. The van der Waals surface area contributed by atoms with Gasteiger partial charge >= 0.3 is 0 Å². The molecule has 1 heterocycles. The Morgan fingerprint density at radius 3 is 2.73 bits per heavy atom. The molecule has 2 nitrogen and oxygen atoms in total. The van der Waals surface area contributed by atoms with Gasteiger partial charge in [-0.25, -0.2) is 0 Å². The molecule has 84 valence electrons. The molecule has 2 heteroatoms. The van der Waals surface area contributed by atoms with Crippen LogP contribution in [0.2, 0.25) is 0 Å². The van der Waals surface area contributed by atoms with E-state index in [1.165, 1.54) is 24.8 Å². The van der Waals surface area contributed by atoms with Gasteiger partial charge in [0, 0.05) is 6.20 Å². The Bertz CT molecular complexity index is 289. The zero-order valence-electron chi connectivity index (χ0n) is 10.0. The molecule has 1 saturated carbocycles. The molecule has 2 unspecified atom stereocenters. The highest BCUT2D eigenvalue weighted by Gasteiger charge is 2.29. The van der Waals surface area contributed by atoms with Crippen LogP contribution >= 0.6 is 0 Å². The lowest BCUT2D eigenvalue weighted by Crippen LogP contribution is -2.23. The fraction of sp³-hybridized carbons (Fsp3) is 0.769. The summed E-state index contributed by atoms with van der Waals surface area (Å²) in [6.07, 6.45) is 8.16. The van der Waals surface area contributed by atoms with Crippen molar-refractivity contribution in [3.05, 3.63) is 18.0 Å². The van der Waals surface area contributed by atoms with Crippen molar-refractivity contribution in [2.75, 3.05) is 0 Å². The zero-order valence-corrected chi connectivity index (χ0v) is 10.0. The zero-order chi connectivity index (χ0) is 10.8. The summed E-state index contributed by atoms with van der Waals surface area (Å²) in [6, 6.07) is 0. The monoisotopic (exact) mass is 206 g/mol. The van der Waals surface area contributed by atoms with Gasteiger partial charge in [-0.05, 0) is 48.5 Å². The minimum absolute atomic E-state index is 0.736. The van der Waals surface area contributed by atoms with E-state index in [-0.39, 0.29) is 0 Å². The third-order valence-corrected chi connectivity index (χ3v) is 3.91. The number of nitrogens with one attached hydrogen (secondary N) is 1. The van der Waals surface area contributed by atoms with Gasteiger partial charge in [-0.3, -0.25) is 5.10 Å². The molecule has 0 aliphatic heterocycles. The van der Waals surface area contributed by atoms with Crippen LogP contribution in [0.15, 0.2) is 12.4 Å². The first-order valence-corrected chi connectivity index (χ1v) is 6.15. The molecule has 1 aromatic rings. The molecule has 1 aliphatic rings. The van der Waals surface area contributed by atoms with Gasteiger partial charge in [0.2, 0.25) is 0 Å². The highest BCUT2D eigenvalue weighted by molar-refractivity contribution is 5.12. The highest BCUT2D eigenvalue weighted by atomic mass is 15.1. The first-order valence-electron chi connectivity index (χ1n) is 6.15. The lowest BCUT2D eigenvalue weighted by Gasteiger charge is -2.35. The standard InChI is InChI=1S/C13H22N2/c1-9(2)11-4-10(3)5-12(6-11)13-7-14-15-8-13/h7-12H,4-6H2,1-3H3,(H,14,15)/t10?,11-,12?/m1/s1. The number of aromatic amines is 1. The number of rotatable bonds is 2. The Balaban J connectivity index is 2.07. The van der Waals surface area contributed by atoms with Crippen LogP contribution < -0.4 is 0 Å². The van der Waals surface area contributed by atoms with E-state index in [0.717, 1.165) is 23.7 Å². The minimum atomic E-state index is 0.736. The quantitative estimate of drug-likeness (QED) is 0.787. The maximum Gasteiger partial charge on any atom is 0.0522 e. The van der Waals surface area contributed by atoms with Crippen LogP contribution in [0, 0.1) is 17.8 Å². The van der Waals surface area contributed by atoms with E-state index in [1.54, 1.807) is 0 Å². The molecule has 3 atom stereocenters. The number of hydrogen-bond donors (Lipinski definition) is 1. The second kappa shape index (κ2) is 4.38. The van der Waals surface area contributed by atoms with Gasteiger partial charge in [0.15, 0.2) is 0 Å². The van der Waals surface area contributed by atoms with Crippen molar-refractivity contribution in [3.8, 4) is 0 Å². The van der Waals surface area contributed by atoms with Crippen molar-refractivity contribution < 1.29 is 0 Å². The number of H-pyrrole nitrogens is 1. The van der Waals surface area contributed by atoms with Gasteiger partial charge in [0.25, 0.3) is 0 Å². The molecule has 0 saturated heterocycles. The van der Waals surface area contributed by atoms with Gasteiger partial charge in [0.05, 0.1) is 6.20 Å². The Labute approximate surface area is 92.5 Å². The lowest BCUT2D eigenvalue weighted by atomic mass is 9.70. The molecule has 2 rings (SSSR count). The van der Waals surface area contributed by atoms with Crippen LogP contribution in [-0.4, -0.2) is 10.2 Å². The fourth-order valence-corrected chi connectivity index (χ4v) is 2.96. The summed E-state index contributed by atoms with van der Waals surface area (Å²) in [4.78, 5) is 0. The third kappa shape index (κ3) is 2.42. The highest BCUT2D eigenvalue weighted by Crippen LogP contribution is 2.41. The summed E-state index contributed by atoms with van der Waals surface area (Å²) < 4.78 is 0. The molecule has 0 amide bonds. The SMILES string of the molecule is CC1CC(c2cn[nH]c2)C[C@H](C(C)C)C1. The second-order valence-corrected chi connectivity index (χ2v) is 5.54. The van der Waals surface area contributed by atoms with Gasteiger partial charge < -0.3 is 0 Å². The van der Waals surface area contributed by atoms with Crippen LogP contribution in [0.4, 0.5) is 0 Å². The van der Waals surface area contributed by atoms with E-state index in [4.69, 9.17) is 0 Å². The molecular weight excluding hydrogens is 184 g/mol. The summed E-state index contributed by atoms with van der Waals surface area (Å²) in [5, 5.41) is 7.00. The van der Waals surface area contributed by atoms with E-state index in [1.807, 2.05) is 6.20 Å². The molecule has 15 heavy (non-hydrogen) atoms. The van der Waals surface area contributed by atoms with Crippen LogP contribution in [-0.2, 0) is 0 Å². The van der Waals surface area contributed by atoms with E-state index >= 15 is 0 Å². The van der Waals surface area contributed by atoms with Crippen molar-refractivity contribution in [2.45, 2.75) is 46.0 Å². The van der Waals surface area contributed by atoms with Crippen molar-refractivity contribution in [2.24, 2.45) is 17.8 Å². The number of aromatic nitrogens is 2. The molecule has 1 fully saturated rings. The maximum atomic E-state index is 4.07. The molecular formula is C13H22N2. The topological polar surface area (TPSA) is 28.7 Å². The first kappa shape index (κ1) is 10.7. The Morgan fingerprint density at radius 2 is 2.13 bits per heavy atom. The predicted octanol–water partition coefficient (Wildman–Crippen LogP) is 3.59. The first-order chi connectivity index (χ1) is 7.16. The predicted molar refractivity (Wildman–Crippen MR) is 62.7 cm³/mol. The Morgan fingerprint density at radius 1 is 1.33 bits per heavy atom. The summed E-state index contributed by atoms with van der Waals surface area (Å²) >= 11 is 0. The van der Waals surface area contributed by atoms with E-state index in [9.17, 15) is 0 Å². The van der Waals surface area contributed by atoms with Crippen LogP contribution in [0.5, 0.6) is 0 Å². The van der Waals surface area contributed by atoms with E-state index in [0.29, 0.717) is 0 Å². The summed E-state index contributed by atoms with van der Waals surface area (Å²) in [6.45, 7) is 7.10. The minimum Gasteiger partial charge on any atom is -0.285 e. The Hall–Kier alpha value is -0.790.